The molecule has 24 heavy (non-hydrogen) atoms. The minimum atomic E-state index is -1.52. The molecular weight excluding hydrogens is 336 g/mol. The molecule has 0 saturated heterocycles. The summed E-state index contributed by atoms with van der Waals surface area (Å²) >= 11 is 0. The lowest BCUT2D eigenvalue weighted by Crippen LogP contribution is -2.21. The molecule has 126 valence electrons. The number of hydrogen-bond acceptors (Lipinski definition) is 4. The second-order valence-electron chi connectivity index (χ2n) is 4.83. The van der Waals surface area contributed by atoms with Gasteiger partial charge in [-0.3, -0.25) is 13.6 Å². The van der Waals surface area contributed by atoms with E-state index in [4.69, 9.17) is 0 Å². The number of aromatic nitrogens is 3. The number of pyridine rings is 1. The summed E-state index contributed by atoms with van der Waals surface area (Å²) in [6.45, 7) is 6.28. The molecule has 0 radical (unpaired) electrons. The summed E-state index contributed by atoms with van der Waals surface area (Å²) in [5.74, 6) is -1.96. The summed E-state index contributed by atoms with van der Waals surface area (Å²) in [6, 6.07) is 2.63. The number of rotatable bonds is 4. The van der Waals surface area contributed by atoms with Crippen molar-refractivity contribution in [3.8, 4) is 0 Å². The van der Waals surface area contributed by atoms with Crippen LogP contribution in [0.1, 0.15) is 12.6 Å². The van der Waals surface area contributed by atoms with Crippen molar-refractivity contribution in [1.29, 1.82) is 0 Å². The van der Waals surface area contributed by atoms with Gasteiger partial charge in [-0.05, 0) is 32.1 Å². The van der Waals surface area contributed by atoms with Crippen molar-refractivity contribution < 1.29 is 13.0 Å². The van der Waals surface area contributed by atoms with Crippen LogP contribution in [0.4, 0.5) is 8.78 Å². The summed E-state index contributed by atoms with van der Waals surface area (Å²) in [5, 5.41) is 0.390. The third-order valence-electron chi connectivity index (χ3n) is 3.29. The maximum absolute atomic E-state index is 14.2. The largest absolute Gasteiger partial charge is 0.269 e. The lowest BCUT2D eigenvalue weighted by atomic mass is 10.2. The molecule has 2 aromatic heterocycles. The van der Waals surface area contributed by atoms with Gasteiger partial charge in [0, 0.05) is 17.7 Å². The minimum absolute atomic E-state index is 0.0239. The molecule has 2 rings (SSSR count). The SMILES string of the molecule is C=C/C(F)=C(\C(F)=C/C)n1c(=O)ccc2c(C)nc(S(C)=O)nc21. The summed E-state index contributed by atoms with van der Waals surface area (Å²) < 4.78 is 40.9. The first-order chi connectivity index (χ1) is 11.3. The monoisotopic (exact) mass is 351 g/mol. The summed E-state index contributed by atoms with van der Waals surface area (Å²) in [4.78, 5) is 20.5. The molecule has 0 aliphatic carbocycles. The number of fused-ring (bicyclic) bond motifs is 1. The van der Waals surface area contributed by atoms with Crippen LogP contribution in [0.2, 0.25) is 0 Å². The van der Waals surface area contributed by atoms with E-state index in [0.29, 0.717) is 11.1 Å². The molecular formula is C16H15F2N3O2S. The van der Waals surface area contributed by atoms with Crippen molar-refractivity contribution in [3.05, 3.63) is 58.6 Å². The second kappa shape index (κ2) is 6.96. The lowest BCUT2D eigenvalue weighted by Gasteiger charge is -2.13. The Bertz CT molecular complexity index is 977. The molecule has 0 aromatic carbocycles. The van der Waals surface area contributed by atoms with E-state index in [2.05, 4.69) is 16.5 Å². The average molecular weight is 351 g/mol. The first-order valence-corrected chi connectivity index (χ1v) is 8.46. The zero-order valence-electron chi connectivity index (χ0n) is 13.3. The molecule has 1 unspecified atom stereocenters. The predicted octanol–water partition coefficient (Wildman–Crippen LogP) is 3.03. The fourth-order valence-corrected chi connectivity index (χ4v) is 2.63. The van der Waals surface area contributed by atoms with Crippen molar-refractivity contribution in [2.75, 3.05) is 6.26 Å². The Labute approximate surface area is 139 Å². The molecule has 0 aliphatic rings. The van der Waals surface area contributed by atoms with E-state index in [0.717, 1.165) is 16.7 Å². The van der Waals surface area contributed by atoms with Crippen LogP contribution in [-0.2, 0) is 10.8 Å². The third kappa shape index (κ3) is 3.09. The van der Waals surface area contributed by atoms with Gasteiger partial charge in [-0.15, -0.1) is 0 Å². The standard InChI is InChI=1S/C16H15F2N3O2S/c1-5-11(17)14(12(18)6-2)21-13(22)8-7-10-9(3)19-16(24(4)23)20-15(10)21/h5-8H,1H2,2-4H3/b12-6+,14-11-. The topological polar surface area (TPSA) is 64.8 Å². The van der Waals surface area contributed by atoms with Gasteiger partial charge in [0.2, 0.25) is 5.16 Å². The summed E-state index contributed by atoms with van der Waals surface area (Å²) in [7, 11) is -1.52. The zero-order valence-corrected chi connectivity index (χ0v) is 14.2. The van der Waals surface area contributed by atoms with Crippen molar-refractivity contribution in [2.45, 2.75) is 19.0 Å². The Kier molecular flexibility index (Phi) is 5.18. The number of allylic oxidation sites excluding steroid dienone is 5. The third-order valence-corrected chi connectivity index (χ3v) is 3.98. The van der Waals surface area contributed by atoms with Crippen LogP contribution in [-0.4, -0.2) is 25.0 Å². The van der Waals surface area contributed by atoms with Crippen LogP contribution < -0.4 is 5.56 Å². The van der Waals surface area contributed by atoms with E-state index in [1.165, 1.54) is 25.3 Å². The zero-order chi connectivity index (χ0) is 18.0. The maximum atomic E-state index is 14.2. The van der Waals surface area contributed by atoms with Gasteiger partial charge in [-0.2, -0.15) is 0 Å². The van der Waals surface area contributed by atoms with E-state index in [9.17, 15) is 17.8 Å². The number of aryl methyl sites for hydroxylation is 1. The molecule has 2 aromatic rings. The van der Waals surface area contributed by atoms with Gasteiger partial charge >= 0.3 is 0 Å². The van der Waals surface area contributed by atoms with Crippen molar-refractivity contribution in [2.24, 2.45) is 0 Å². The highest BCUT2D eigenvalue weighted by molar-refractivity contribution is 7.84. The number of hydrogen-bond donors (Lipinski definition) is 0. The first-order valence-electron chi connectivity index (χ1n) is 6.90. The minimum Gasteiger partial charge on any atom is -0.269 e. The lowest BCUT2D eigenvalue weighted by molar-refractivity contribution is 0.623. The molecule has 1 atom stereocenters. The Morgan fingerprint density at radius 1 is 1.33 bits per heavy atom. The van der Waals surface area contributed by atoms with Gasteiger partial charge in [-0.25, -0.2) is 18.7 Å². The molecule has 2 heterocycles. The highest BCUT2D eigenvalue weighted by atomic mass is 32.2. The normalized spacial score (nSPS) is 14.5. The fraction of sp³-hybridized carbons (Fsp3) is 0.188. The van der Waals surface area contributed by atoms with Crippen molar-refractivity contribution >= 4 is 27.5 Å². The Balaban J connectivity index is 3.07. The maximum Gasteiger partial charge on any atom is 0.256 e. The van der Waals surface area contributed by atoms with Crippen LogP contribution in [0, 0.1) is 6.92 Å². The predicted molar refractivity (Wildman–Crippen MR) is 90.3 cm³/mol. The number of halogens is 2. The van der Waals surface area contributed by atoms with Gasteiger partial charge < -0.3 is 0 Å². The molecule has 0 fully saturated rings. The fourth-order valence-electron chi connectivity index (χ4n) is 2.15. The highest BCUT2D eigenvalue weighted by Gasteiger charge is 2.19. The van der Waals surface area contributed by atoms with E-state index in [1.54, 1.807) is 6.92 Å². The molecule has 0 bridgehead atoms. The Morgan fingerprint density at radius 3 is 2.54 bits per heavy atom. The molecule has 8 heteroatoms. The van der Waals surface area contributed by atoms with Crippen molar-refractivity contribution in [1.82, 2.24) is 14.5 Å². The average Bonchev–Trinajstić information content (AvgIpc) is 2.56. The van der Waals surface area contributed by atoms with Crippen LogP contribution in [0.5, 0.6) is 0 Å². The molecule has 0 saturated carbocycles. The van der Waals surface area contributed by atoms with Gasteiger partial charge in [0.25, 0.3) is 5.56 Å². The number of nitrogens with zero attached hydrogens (tertiary/aromatic N) is 3. The summed E-state index contributed by atoms with van der Waals surface area (Å²) in [6.07, 6.45) is 3.20. The Hall–Kier alpha value is -2.48. The van der Waals surface area contributed by atoms with E-state index >= 15 is 0 Å². The first kappa shape index (κ1) is 17.9. The van der Waals surface area contributed by atoms with Crippen molar-refractivity contribution in [3.63, 3.8) is 0 Å². The van der Waals surface area contributed by atoms with Gasteiger partial charge in [-0.1, -0.05) is 6.58 Å². The molecule has 0 aliphatic heterocycles. The molecule has 5 nitrogen and oxygen atoms in total. The van der Waals surface area contributed by atoms with Crippen LogP contribution in [0.25, 0.3) is 16.7 Å². The Morgan fingerprint density at radius 2 is 2.00 bits per heavy atom. The highest BCUT2D eigenvalue weighted by Crippen LogP contribution is 2.26. The summed E-state index contributed by atoms with van der Waals surface area (Å²) in [5.41, 5.74) is -0.867. The van der Waals surface area contributed by atoms with Gasteiger partial charge in [0.15, 0.2) is 5.65 Å². The second-order valence-corrected chi connectivity index (χ2v) is 6.10. The van der Waals surface area contributed by atoms with Crippen LogP contribution in [0.15, 0.2) is 52.5 Å². The molecule has 0 amide bonds. The smallest absolute Gasteiger partial charge is 0.256 e. The molecule has 0 N–H and O–H groups in total. The van der Waals surface area contributed by atoms with Crippen LogP contribution in [0.3, 0.4) is 0 Å². The van der Waals surface area contributed by atoms with E-state index in [1.807, 2.05) is 0 Å². The van der Waals surface area contributed by atoms with E-state index in [-0.39, 0.29) is 10.8 Å². The molecule has 0 spiro atoms. The van der Waals surface area contributed by atoms with Crippen LogP contribution >= 0.6 is 0 Å². The quantitative estimate of drug-likeness (QED) is 0.627. The van der Waals surface area contributed by atoms with Gasteiger partial charge in [0.1, 0.15) is 17.4 Å². The van der Waals surface area contributed by atoms with E-state index < -0.39 is 33.7 Å². The van der Waals surface area contributed by atoms with Gasteiger partial charge in [0.05, 0.1) is 16.5 Å².